The first kappa shape index (κ1) is 15.9. The van der Waals surface area contributed by atoms with Gasteiger partial charge in [0.05, 0.1) is 17.6 Å². The summed E-state index contributed by atoms with van der Waals surface area (Å²) >= 11 is 0. The van der Waals surface area contributed by atoms with Crippen LogP contribution in [-0.2, 0) is 13.1 Å². The van der Waals surface area contributed by atoms with Gasteiger partial charge in [0.2, 0.25) is 0 Å². The highest BCUT2D eigenvalue weighted by atomic mass is 15.4. The Labute approximate surface area is 148 Å². The second kappa shape index (κ2) is 7.55. The molecule has 0 radical (unpaired) electrons. The Hall–Kier alpha value is -2.56. The Balaban J connectivity index is 1.59. The molecule has 0 spiro atoms. The van der Waals surface area contributed by atoms with E-state index in [9.17, 15) is 0 Å². The number of hydrogen-bond donors (Lipinski definition) is 0. The Morgan fingerprint density at radius 3 is 1.68 bits per heavy atom. The van der Waals surface area contributed by atoms with E-state index in [0.29, 0.717) is 0 Å². The Bertz CT molecular complexity index is 727. The van der Waals surface area contributed by atoms with Crippen LogP contribution < -0.4 is 0 Å². The Morgan fingerprint density at radius 1 is 0.680 bits per heavy atom. The van der Waals surface area contributed by atoms with Crippen LogP contribution in [0.1, 0.15) is 23.1 Å². The van der Waals surface area contributed by atoms with Crippen molar-refractivity contribution < 1.29 is 0 Å². The molecule has 3 heterocycles. The maximum absolute atomic E-state index is 4.51. The first-order valence-electron chi connectivity index (χ1n) is 8.73. The Kier molecular flexibility index (Phi) is 4.81. The highest BCUT2D eigenvalue weighted by molar-refractivity contribution is 5.21. The number of hydrogen-bond acceptors (Lipinski definition) is 4. The molecule has 25 heavy (non-hydrogen) atoms. The molecule has 0 aliphatic carbocycles. The van der Waals surface area contributed by atoms with E-state index in [1.54, 1.807) is 0 Å². The molecule has 4 rings (SSSR count). The van der Waals surface area contributed by atoms with Gasteiger partial charge in [-0.3, -0.25) is 19.8 Å². The highest BCUT2D eigenvalue weighted by Gasteiger charge is 2.33. The molecule has 1 aliphatic heterocycles. The van der Waals surface area contributed by atoms with Crippen LogP contribution in [0.15, 0.2) is 79.1 Å². The smallest absolute Gasteiger partial charge is 0.0893 e. The van der Waals surface area contributed by atoms with E-state index in [4.69, 9.17) is 0 Å². The van der Waals surface area contributed by atoms with E-state index in [-0.39, 0.29) is 6.17 Å². The van der Waals surface area contributed by atoms with Crippen molar-refractivity contribution in [2.24, 2.45) is 0 Å². The number of aromatic nitrogens is 2. The van der Waals surface area contributed by atoms with Crippen molar-refractivity contribution in [2.45, 2.75) is 19.3 Å². The maximum Gasteiger partial charge on any atom is 0.0893 e. The summed E-state index contributed by atoms with van der Waals surface area (Å²) in [6.45, 7) is 3.78. The minimum absolute atomic E-state index is 0.255. The molecule has 3 aromatic rings. The van der Waals surface area contributed by atoms with Gasteiger partial charge >= 0.3 is 0 Å². The van der Waals surface area contributed by atoms with Gasteiger partial charge in [-0.25, -0.2) is 0 Å². The maximum atomic E-state index is 4.51. The fourth-order valence-corrected chi connectivity index (χ4v) is 3.51. The van der Waals surface area contributed by atoms with Gasteiger partial charge in [0.15, 0.2) is 0 Å². The van der Waals surface area contributed by atoms with Crippen LogP contribution in [0.4, 0.5) is 0 Å². The van der Waals surface area contributed by atoms with E-state index in [2.05, 4.69) is 74.4 Å². The minimum atomic E-state index is 0.255. The summed E-state index contributed by atoms with van der Waals surface area (Å²) in [6.07, 6.45) is 3.99. The van der Waals surface area contributed by atoms with Crippen molar-refractivity contribution >= 4 is 0 Å². The van der Waals surface area contributed by atoms with Crippen molar-refractivity contribution in [3.63, 3.8) is 0 Å². The van der Waals surface area contributed by atoms with Crippen molar-refractivity contribution in [3.8, 4) is 0 Å². The predicted octanol–water partition coefficient (Wildman–Crippen LogP) is 3.49. The fraction of sp³-hybridized carbons (Fsp3) is 0.238. The van der Waals surface area contributed by atoms with Crippen LogP contribution in [0, 0.1) is 0 Å². The molecular formula is C21H22N4. The lowest BCUT2D eigenvalue weighted by Gasteiger charge is -2.30. The summed E-state index contributed by atoms with van der Waals surface area (Å²) in [5.74, 6) is 0. The molecule has 1 aliphatic rings. The van der Waals surface area contributed by atoms with Gasteiger partial charge in [-0.15, -0.1) is 0 Å². The molecule has 0 amide bonds. The molecule has 0 bridgehead atoms. The van der Waals surface area contributed by atoms with E-state index >= 15 is 0 Å². The molecule has 4 heteroatoms. The summed E-state index contributed by atoms with van der Waals surface area (Å²) < 4.78 is 0. The average Bonchev–Trinajstić information content (AvgIpc) is 3.06. The molecule has 0 unspecified atom stereocenters. The van der Waals surface area contributed by atoms with Crippen molar-refractivity contribution in [1.82, 2.24) is 19.8 Å². The molecule has 4 nitrogen and oxygen atoms in total. The fourth-order valence-electron chi connectivity index (χ4n) is 3.51. The summed E-state index contributed by atoms with van der Waals surface area (Å²) in [5.41, 5.74) is 3.55. The molecule has 0 N–H and O–H groups in total. The van der Waals surface area contributed by atoms with Gasteiger partial charge < -0.3 is 0 Å². The van der Waals surface area contributed by atoms with Gasteiger partial charge in [-0.05, 0) is 29.8 Å². The van der Waals surface area contributed by atoms with E-state index in [1.165, 1.54) is 5.56 Å². The van der Waals surface area contributed by atoms with Gasteiger partial charge in [0.25, 0.3) is 0 Å². The average molecular weight is 330 g/mol. The normalized spacial score (nSPS) is 16.3. The van der Waals surface area contributed by atoms with Crippen LogP contribution in [0.25, 0.3) is 0 Å². The molecule has 0 saturated carbocycles. The molecule has 1 fully saturated rings. The molecule has 1 saturated heterocycles. The van der Waals surface area contributed by atoms with Crippen LogP contribution in [0.3, 0.4) is 0 Å². The van der Waals surface area contributed by atoms with E-state index < -0.39 is 0 Å². The number of benzene rings is 1. The van der Waals surface area contributed by atoms with E-state index in [0.717, 1.165) is 37.6 Å². The van der Waals surface area contributed by atoms with Crippen molar-refractivity contribution in [1.29, 1.82) is 0 Å². The van der Waals surface area contributed by atoms with Gasteiger partial charge in [-0.1, -0.05) is 42.5 Å². The number of rotatable bonds is 5. The van der Waals surface area contributed by atoms with Gasteiger partial charge in [-0.2, -0.15) is 0 Å². The van der Waals surface area contributed by atoms with Crippen LogP contribution >= 0.6 is 0 Å². The quantitative estimate of drug-likeness (QED) is 0.717. The van der Waals surface area contributed by atoms with E-state index in [1.807, 2.05) is 24.5 Å². The second-order valence-corrected chi connectivity index (χ2v) is 6.37. The second-order valence-electron chi connectivity index (χ2n) is 6.37. The monoisotopic (exact) mass is 330 g/mol. The first-order valence-corrected chi connectivity index (χ1v) is 8.73. The zero-order valence-electron chi connectivity index (χ0n) is 14.2. The number of nitrogens with zero attached hydrogens (tertiary/aromatic N) is 4. The third-order valence-corrected chi connectivity index (χ3v) is 4.65. The predicted molar refractivity (Wildman–Crippen MR) is 98.5 cm³/mol. The SMILES string of the molecule is c1ccc(C2N(Cc3ccccn3)CCN2Cc2ccccn2)cc1. The van der Waals surface area contributed by atoms with Crippen LogP contribution in [0.2, 0.25) is 0 Å². The Morgan fingerprint density at radius 2 is 1.20 bits per heavy atom. The van der Waals surface area contributed by atoms with Crippen LogP contribution in [0.5, 0.6) is 0 Å². The molecule has 0 atom stereocenters. The zero-order valence-corrected chi connectivity index (χ0v) is 14.2. The third kappa shape index (κ3) is 3.76. The standard InChI is InChI=1S/C21H22N4/c1-2-8-18(9-3-1)21-24(16-19-10-4-6-12-22-19)14-15-25(21)17-20-11-5-7-13-23-20/h1-13,21H,14-17H2. The molecular weight excluding hydrogens is 308 g/mol. The summed E-state index contributed by atoms with van der Waals surface area (Å²) in [5, 5.41) is 0. The summed E-state index contributed by atoms with van der Waals surface area (Å²) in [4.78, 5) is 14.0. The lowest BCUT2D eigenvalue weighted by atomic mass is 10.1. The zero-order chi connectivity index (χ0) is 16.9. The molecule has 1 aromatic carbocycles. The first-order chi connectivity index (χ1) is 12.4. The van der Waals surface area contributed by atoms with Crippen molar-refractivity contribution in [2.75, 3.05) is 13.1 Å². The third-order valence-electron chi connectivity index (χ3n) is 4.65. The lowest BCUT2D eigenvalue weighted by Crippen LogP contribution is -2.30. The van der Waals surface area contributed by atoms with Crippen LogP contribution in [-0.4, -0.2) is 32.9 Å². The topological polar surface area (TPSA) is 32.3 Å². The lowest BCUT2D eigenvalue weighted by molar-refractivity contribution is 0.123. The molecule has 126 valence electrons. The van der Waals surface area contributed by atoms with Gasteiger partial charge in [0, 0.05) is 38.6 Å². The number of pyridine rings is 2. The molecule has 2 aromatic heterocycles. The summed E-state index contributed by atoms with van der Waals surface area (Å²) in [6, 6.07) is 23.0. The van der Waals surface area contributed by atoms with Gasteiger partial charge in [0.1, 0.15) is 0 Å². The summed E-state index contributed by atoms with van der Waals surface area (Å²) in [7, 11) is 0. The highest BCUT2D eigenvalue weighted by Crippen LogP contribution is 2.32. The minimum Gasteiger partial charge on any atom is -0.277 e. The van der Waals surface area contributed by atoms with Crippen molar-refractivity contribution in [3.05, 3.63) is 96.1 Å². The largest absolute Gasteiger partial charge is 0.277 e.